The average Bonchev–Trinajstić information content (AvgIpc) is 3.54. The summed E-state index contributed by atoms with van der Waals surface area (Å²) in [5, 5.41) is 18.0. The first kappa shape index (κ1) is 32.9. The quantitative estimate of drug-likeness (QED) is 0.385. The number of alkyl halides is 1. The van der Waals surface area contributed by atoms with Crippen LogP contribution >= 0.6 is 11.6 Å². The Bertz CT molecular complexity index is 1010. The second-order valence-electron chi connectivity index (χ2n) is 12.9. The van der Waals surface area contributed by atoms with Crippen LogP contribution in [0, 0.1) is 33.3 Å². The molecule has 2 aromatic rings. The number of hydrogen-bond donors (Lipinski definition) is 4. The summed E-state index contributed by atoms with van der Waals surface area (Å²) < 4.78 is 25.1. The molecule has 4 N–H and O–H groups in total. The van der Waals surface area contributed by atoms with Crippen molar-refractivity contribution >= 4 is 11.6 Å². The number of nitrogens with one attached hydrogen (secondary N) is 3. The minimum Gasteiger partial charge on any atom is -0.397 e. The summed E-state index contributed by atoms with van der Waals surface area (Å²) in [5.74, 6) is 0.0735. The molecule has 6 rings (SSSR count). The summed E-state index contributed by atoms with van der Waals surface area (Å²) in [6.07, 6.45) is 0. The van der Waals surface area contributed by atoms with E-state index >= 15 is 0 Å². The van der Waals surface area contributed by atoms with Crippen molar-refractivity contribution in [2.24, 2.45) is 21.7 Å². The summed E-state index contributed by atoms with van der Waals surface area (Å²) in [6.45, 7) is 21.7. The smallest absolute Gasteiger partial charge is 0.123 e. The molecule has 0 aliphatic carbocycles. The number of rotatable bonds is 3. The second-order valence-corrected chi connectivity index (χ2v) is 13.2. The molecule has 40 heavy (non-hydrogen) atoms. The molecule has 2 atom stereocenters. The van der Waals surface area contributed by atoms with Gasteiger partial charge in [0.15, 0.2) is 0 Å². The fourth-order valence-electron chi connectivity index (χ4n) is 6.32. The average molecular weight is 579 g/mol. The number of hydrogen-bond acceptors (Lipinski definition) is 5. The van der Waals surface area contributed by atoms with Crippen molar-refractivity contribution < 1.29 is 13.9 Å². The standard InChI is InChI=1S/C15H21FN2.C8H16N2.C7H6ClF.C2H6O/c1-14-8-17-9-15(14,2)11-18(10-14)7-12-3-5-13(16)6-4-12;1-7-3-9-5-8(7,2)6-10-4-7;8-5-6-1-3-7(9)4-2-6;1-2-3/h3-6,17H,7-11H2,1-2H3;9-10H,3-6H2,1-2H3;1-4H,5H2;3H,2H2,1H3/t14-,15+;;;. The Morgan fingerprint density at radius 3 is 1.35 bits per heavy atom. The molecule has 0 saturated carbocycles. The van der Waals surface area contributed by atoms with Gasteiger partial charge in [-0.05, 0) is 42.3 Å². The summed E-state index contributed by atoms with van der Waals surface area (Å²) in [5.41, 5.74) is 3.95. The van der Waals surface area contributed by atoms with Crippen molar-refractivity contribution in [2.45, 2.75) is 47.0 Å². The Hall–Kier alpha value is -1.61. The van der Waals surface area contributed by atoms with Crippen molar-refractivity contribution in [2.75, 3.05) is 59.0 Å². The van der Waals surface area contributed by atoms with Crippen molar-refractivity contribution in [3.8, 4) is 0 Å². The van der Waals surface area contributed by atoms with E-state index in [1.165, 1.54) is 43.9 Å². The Labute approximate surface area is 245 Å². The van der Waals surface area contributed by atoms with Crippen LogP contribution in [0.2, 0.25) is 0 Å². The van der Waals surface area contributed by atoms with E-state index in [0.29, 0.717) is 27.5 Å². The van der Waals surface area contributed by atoms with Crippen LogP contribution in [0.4, 0.5) is 8.78 Å². The maximum atomic E-state index is 12.9. The lowest BCUT2D eigenvalue weighted by Gasteiger charge is -2.31. The molecule has 224 valence electrons. The van der Waals surface area contributed by atoms with Gasteiger partial charge in [-0.3, -0.25) is 4.90 Å². The predicted octanol–water partition coefficient (Wildman–Crippen LogP) is 5.03. The normalized spacial score (nSPS) is 32.1. The van der Waals surface area contributed by atoms with E-state index in [9.17, 15) is 8.78 Å². The molecule has 4 heterocycles. The number of aliphatic hydroxyl groups excluding tert-OH is 1. The lowest BCUT2D eigenvalue weighted by molar-refractivity contribution is 0.212. The minimum absolute atomic E-state index is 0.153. The van der Waals surface area contributed by atoms with E-state index in [4.69, 9.17) is 16.7 Å². The zero-order chi connectivity index (χ0) is 29.4. The first-order valence-corrected chi connectivity index (χ1v) is 15.0. The number of fused-ring (bicyclic) bond motifs is 2. The SMILES string of the molecule is CC12CNCC1(C)CNC2.CCO.C[C@@]12CNC[C@]1(C)CN(Cc1ccc(F)cc1)C2.Fc1ccc(CCl)cc1. The van der Waals surface area contributed by atoms with Gasteiger partial charge in [0, 0.05) is 93.0 Å². The van der Waals surface area contributed by atoms with E-state index < -0.39 is 0 Å². The summed E-state index contributed by atoms with van der Waals surface area (Å²) in [4.78, 5) is 2.51. The van der Waals surface area contributed by atoms with Crippen LogP contribution in [0.3, 0.4) is 0 Å². The van der Waals surface area contributed by atoms with Crippen LogP contribution in [0.1, 0.15) is 45.7 Å². The number of aliphatic hydroxyl groups is 1. The van der Waals surface area contributed by atoms with Crippen LogP contribution < -0.4 is 16.0 Å². The number of halogens is 3. The van der Waals surface area contributed by atoms with Crippen LogP contribution in [0.25, 0.3) is 0 Å². The maximum absolute atomic E-state index is 12.9. The van der Waals surface area contributed by atoms with E-state index in [1.54, 1.807) is 31.2 Å². The molecule has 5 nitrogen and oxygen atoms in total. The molecule has 0 amide bonds. The van der Waals surface area contributed by atoms with Gasteiger partial charge in [-0.15, -0.1) is 11.6 Å². The predicted molar refractivity (Wildman–Crippen MR) is 161 cm³/mol. The van der Waals surface area contributed by atoms with E-state index in [-0.39, 0.29) is 18.2 Å². The zero-order valence-electron chi connectivity index (χ0n) is 24.9. The highest BCUT2D eigenvalue weighted by Crippen LogP contribution is 2.48. The van der Waals surface area contributed by atoms with Gasteiger partial charge in [0.2, 0.25) is 0 Å². The third-order valence-electron chi connectivity index (χ3n) is 9.54. The van der Waals surface area contributed by atoms with E-state index in [2.05, 4.69) is 48.5 Å². The van der Waals surface area contributed by atoms with Gasteiger partial charge in [-0.25, -0.2) is 8.78 Å². The molecule has 4 aliphatic heterocycles. The maximum Gasteiger partial charge on any atom is 0.123 e. The number of nitrogens with zero attached hydrogens (tertiary/aromatic N) is 1. The minimum atomic E-state index is -0.219. The lowest BCUT2D eigenvalue weighted by atomic mass is 9.71. The first-order chi connectivity index (χ1) is 18.9. The third-order valence-corrected chi connectivity index (χ3v) is 9.85. The van der Waals surface area contributed by atoms with Gasteiger partial charge in [0.25, 0.3) is 0 Å². The van der Waals surface area contributed by atoms with Gasteiger partial charge >= 0.3 is 0 Å². The summed E-state index contributed by atoms with van der Waals surface area (Å²) >= 11 is 5.46. The Morgan fingerprint density at radius 2 is 1.00 bits per heavy atom. The van der Waals surface area contributed by atoms with Crippen molar-refractivity contribution in [3.05, 3.63) is 71.3 Å². The fraction of sp³-hybridized carbons (Fsp3) is 0.625. The van der Waals surface area contributed by atoms with Gasteiger partial charge in [0.1, 0.15) is 11.6 Å². The highest BCUT2D eigenvalue weighted by Gasteiger charge is 2.54. The monoisotopic (exact) mass is 578 g/mol. The first-order valence-electron chi connectivity index (χ1n) is 14.4. The van der Waals surface area contributed by atoms with Crippen LogP contribution in [-0.2, 0) is 12.4 Å². The lowest BCUT2D eigenvalue weighted by Crippen LogP contribution is -2.34. The Morgan fingerprint density at radius 1 is 0.675 bits per heavy atom. The molecule has 8 heteroatoms. The Kier molecular flexibility index (Phi) is 11.5. The van der Waals surface area contributed by atoms with Crippen molar-refractivity contribution in [1.29, 1.82) is 0 Å². The second kappa shape index (κ2) is 14.0. The van der Waals surface area contributed by atoms with E-state index in [1.807, 2.05) is 12.1 Å². The molecular weight excluding hydrogens is 530 g/mol. The zero-order valence-corrected chi connectivity index (χ0v) is 25.7. The van der Waals surface area contributed by atoms with Gasteiger partial charge in [0.05, 0.1) is 0 Å². The van der Waals surface area contributed by atoms with Crippen molar-refractivity contribution in [1.82, 2.24) is 20.9 Å². The van der Waals surface area contributed by atoms with E-state index in [0.717, 1.165) is 38.3 Å². The van der Waals surface area contributed by atoms with Crippen molar-refractivity contribution in [3.63, 3.8) is 0 Å². The molecule has 0 bridgehead atoms. The molecule has 4 aliphatic rings. The topological polar surface area (TPSA) is 59.6 Å². The van der Waals surface area contributed by atoms with Crippen LogP contribution in [0.5, 0.6) is 0 Å². The van der Waals surface area contributed by atoms with Crippen LogP contribution in [0.15, 0.2) is 48.5 Å². The molecule has 0 spiro atoms. The summed E-state index contributed by atoms with van der Waals surface area (Å²) in [6, 6.07) is 13.0. The largest absolute Gasteiger partial charge is 0.397 e. The molecule has 2 aromatic carbocycles. The van der Waals surface area contributed by atoms with Crippen LogP contribution in [-0.4, -0.2) is 69.0 Å². The number of benzene rings is 2. The van der Waals surface area contributed by atoms with Gasteiger partial charge in [-0.2, -0.15) is 0 Å². The Balaban J connectivity index is 0.000000170. The fourth-order valence-corrected chi connectivity index (χ4v) is 6.50. The van der Waals surface area contributed by atoms with Gasteiger partial charge in [-0.1, -0.05) is 52.0 Å². The molecule has 4 saturated heterocycles. The third kappa shape index (κ3) is 7.81. The molecule has 0 radical (unpaired) electrons. The number of likely N-dealkylation sites (tertiary alicyclic amines) is 1. The molecule has 4 fully saturated rings. The highest BCUT2D eigenvalue weighted by molar-refractivity contribution is 6.17. The highest BCUT2D eigenvalue weighted by atomic mass is 35.5. The molecule has 0 aromatic heterocycles. The molecular formula is C32H49ClF2N4O. The molecule has 0 unspecified atom stereocenters. The van der Waals surface area contributed by atoms with Gasteiger partial charge < -0.3 is 21.1 Å². The summed E-state index contributed by atoms with van der Waals surface area (Å²) in [7, 11) is 0.